The molecule has 0 radical (unpaired) electrons. The van der Waals surface area contributed by atoms with Crippen LogP contribution in [0, 0.1) is 11.2 Å². The van der Waals surface area contributed by atoms with E-state index in [1.54, 1.807) is 23.1 Å². The van der Waals surface area contributed by atoms with Gasteiger partial charge in [0.1, 0.15) is 5.75 Å². The first-order chi connectivity index (χ1) is 17.3. The number of piperidine rings is 1. The molecular weight excluding hydrogens is 485 g/mol. The Morgan fingerprint density at radius 3 is 2.25 bits per heavy atom. The SMILES string of the molecule is COc1ccc(C(=O)N2CCC(COc3ccc(Cl)cc3)(CC(=O)N3CCN(C)CC3)CC2)cc1F. The zero-order valence-electron chi connectivity index (χ0n) is 20.8. The van der Waals surface area contributed by atoms with Gasteiger partial charge in [-0.15, -0.1) is 0 Å². The average molecular weight is 518 g/mol. The van der Waals surface area contributed by atoms with Crippen molar-refractivity contribution in [2.75, 3.05) is 60.0 Å². The fourth-order valence-corrected chi connectivity index (χ4v) is 4.92. The molecule has 0 aliphatic carbocycles. The third-order valence-corrected chi connectivity index (χ3v) is 7.50. The number of ether oxygens (including phenoxy) is 2. The predicted molar refractivity (Wildman–Crippen MR) is 136 cm³/mol. The monoisotopic (exact) mass is 517 g/mol. The number of likely N-dealkylation sites (tertiary alicyclic amines) is 1. The van der Waals surface area contributed by atoms with Crippen LogP contribution in [0.4, 0.5) is 4.39 Å². The third kappa shape index (κ3) is 6.28. The van der Waals surface area contributed by atoms with Crippen molar-refractivity contribution in [1.29, 1.82) is 0 Å². The maximum atomic E-state index is 14.2. The largest absolute Gasteiger partial charge is 0.494 e. The second kappa shape index (κ2) is 11.5. The molecular formula is C27H33ClFN3O4. The molecule has 0 bridgehead atoms. The minimum Gasteiger partial charge on any atom is -0.494 e. The van der Waals surface area contributed by atoms with E-state index in [0.29, 0.717) is 49.7 Å². The van der Waals surface area contributed by atoms with Crippen molar-refractivity contribution in [2.45, 2.75) is 19.3 Å². The number of likely N-dealkylation sites (N-methyl/N-ethyl adjacent to an activating group) is 1. The van der Waals surface area contributed by atoms with E-state index in [9.17, 15) is 14.0 Å². The first-order valence-corrected chi connectivity index (χ1v) is 12.6. The average Bonchev–Trinajstić information content (AvgIpc) is 2.89. The van der Waals surface area contributed by atoms with Crippen molar-refractivity contribution < 1.29 is 23.5 Å². The van der Waals surface area contributed by atoms with E-state index >= 15 is 0 Å². The van der Waals surface area contributed by atoms with Crippen LogP contribution < -0.4 is 9.47 Å². The summed E-state index contributed by atoms with van der Waals surface area (Å²) >= 11 is 6.00. The van der Waals surface area contributed by atoms with Gasteiger partial charge in [0.15, 0.2) is 11.6 Å². The van der Waals surface area contributed by atoms with Gasteiger partial charge in [0, 0.05) is 61.7 Å². The molecule has 2 aliphatic heterocycles. The van der Waals surface area contributed by atoms with Gasteiger partial charge in [-0.2, -0.15) is 0 Å². The Kier molecular flexibility index (Phi) is 8.36. The summed E-state index contributed by atoms with van der Waals surface area (Å²) in [5.74, 6) is 0.127. The number of halogens is 2. The first kappa shape index (κ1) is 26.2. The van der Waals surface area contributed by atoms with E-state index < -0.39 is 11.2 Å². The fraction of sp³-hybridized carbons (Fsp3) is 0.481. The smallest absolute Gasteiger partial charge is 0.253 e. The van der Waals surface area contributed by atoms with Gasteiger partial charge in [0.05, 0.1) is 13.7 Å². The maximum absolute atomic E-state index is 14.2. The van der Waals surface area contributed by atoms with E-state index in [2.05, 4.69) is 11.9 Å². The number of methoxy groups -OCH3 is 1. The number of nitrogens with zero attached hydrogens (tertiary/aromatic N) is 3. The van der Waals surface area contributed by atoms with Crippen LogP contribution in [0.1, 0.15) is 29.6 Å². The molecule has 9 heteroatoms. The molecule has 0 atom stereocenters. The van der Waals surface area contributed by atoms with Crippen LogP contribution in [-0.4, -0.2) is 86.5 Å². The molecule has 2 fully saturated rings. The summed E-state index contributed by atoms with van der Waals surface area (Å²) in [5, 5.41) is 0.629. The van der Waals surface area contributed by atoms with Crippen molar-refractivity contribution in [3.8, 4) is 11.5 Å². The topological polar surface area (TPSA) is 62.3 Å². The van der Waals surface area contributed by atoms with Crippen LogP contribution in [0.5, 0.6) is 11.5 Å². The highest BCUT2D eigenvalue weighted by Gasteiger charge is 2.40. The predicted octanol–water partition coefficient (Wildman–Crippen LogP) is 3.95. The van der Waals surface area contributed by atoms with Gasteiger partial charge >= 0.3 is 0 Å². The van der Waals surface area contributed by atoms with Crippen molar-refractivity contribution in [2.24, 2.45) is 5.41 Å². The molecule has 2 aromatic carbocycles. The number of hydrogen-bond donors (Lipinski definition) is 0. The summed E-state index contributed by atoms with van der Waals surface area (Å²) in [4.78, 5) is 32.2. The molecule has 2 heterocycles. The van der Waals surface area contributed by atoms with Gasteiger partial charge < -0.3 is 24.2 Å². The van der Waals surface area contributed by atoms with E-state index in [4.69, 9.17) is 21.1 Å². The summed E-state index contributed by atoms with van der Waals surface area (Å²) in [6.07, 6.45) is 1.60. The van der Waals surface area contributed by atoms with E-state index in [1.807, 2.05) is 17.0 Å². The summed E-state index contributed by atoms with van der Waals surface area (Å²) in [6.45, 7) is 4.46. The summed E-state index contributed by atoms with van der Waals surface area (Å²) in [6, 6.07) is 11.4. The lowest BCUT2D eigenvalue weighted by Crippen LogP contribution is -2.51. The van der Waals surface area contributed by atoms with Crippen LogP contribution >= 0.6 is 11.6 Å². The molecule has 36 heavy (non-hydrogen) atoms. The van der Waals surface area contributed by atoms with E-state index in [-0.39, 0.29) is 23.1 Å². The minimum atomic E-state index is -0.566. The van der Waals surface area contributed by atoms with Crippen molar-refractivity contribution in [3.63, 3.8) is 0 Å². The van der Waals surface area contributed by atoms with Crippen LogP contribution in [0.25, 0.3) is 0 Å². The van der Waals surface area contributed by atoms with Crippen molar-refractivity contribution >= 4 is 23.4 Å². The van der Waals surface area contributed by atoms with Crippen molar-refractivity contribution in [1.82, 2.24) is 14.7 Å². The lowest BCUT2D eigenvalue weighted by Gasteiger charge is -2.42. The van der Waals surface area contributed by atoms with Gasteiger partial charge in [-0.1, -0.05) is 11.6 Å². The molecule has 2 aliphatic rings. The highest BCUT2D eigenvalue weighted by Crippen LogP contribution is 2.37. The molecule has 0 saturated carbocycles. The van der Waals surface area contributed by atoms with Gasteiger partial charge in [0.2, 0.25) is 5.91 Å². The Bertz CT molecular complexity index is 1070. The minimum absolute atomic E-state index is 0.103. The second-order valence-corrected chi connectivity index (χ2v) is 10.2. The lowest BCUT2D eigenvalue weighted by atomic mass is 9.75. The van der Waals surface area contributed by atoms with Gasteiger partial charge in [-0.05, 0) is 62.4 Å². The van der Waals surface area contributed by atoms with Gasteiger partial charge in [-0.3, -0.25) is 9.59 Å². The highest BCUT2D eigenvalue weighted by atomic mass is 35.5. The molecule has 7 nitrogen and oxygen atoms in total. The number of carbonyl (C=O) groups excluding carboxylic acids is 2. The van der Waals surface area contributed by atoms with Crippen LogP contribution in [0.2, 0.25) is 5.02 Å². The number of benzene rings is 2. The molecule has 0 spiro atoms. The standard InChI is InChI=1S/C27H33ClFN3O4/c1-30-13-15-31(16-14-30)25(33)18-27(19-36-22-6-4-21(28)5-7-22)9-11-32(12-10-27)26(34)20-3-8-24(35-2)23(29)17-20/h3-8,17H,9-16,18-19H2,1-2H3. The Hall–Kier alpha value is -2.84. The lowest BCUT2D eigenvalue weighted by molar-refractivity contribution is -0.136. The van der Waals surface area contributed by atoms with E-state index in [1.165, 1.54) is 19.2 Å². The number of piperazine rings is 1. The number of hydrogen-bond acceptors (Lipinski definition) is 5. The Labute approximate surface area is 216 Å². The summed E-state index contributed by atoms with van der Waals surface area (Å²) < 4.78 is 25.2. The summed E-state index contributed by atoms with van der Waals surface area (Å²) in [5.41, 5.74) is -0.117. The van der Waals surface area contributed by atoms with Crippen LogP contribution in [0.3, 0.4) is 0 Å². The Balaban J connectivity index is 1.45. The summed E-state index contributed by atoms with van der Waals surface area (Å²) in [7, 11) is 3.45. The van der Waals surface area contributed by atoms with Crippen LogP contribution in [-0.2, 0) is 4.79 Å². The quantitative estimate of drug-likeness (QED) is 0.556. The molecule has 2 aromatic rings. The highest BCUT2D eigenvalue weighted by molar-refractivity contribution is 6.30. The molecule has 2 saturated heterocycles. The first-order valence-electron chi connectivity index (χ1n) is 12.3. The fourth-order valence-electron chi connectivity index (χ4n) is 4.79. The number of rotatable bonds is 7. The number of amides is 2. The Morgan fingerprint density at radius 1 is 0.972 bits per heavy atom. The molecule has 2 amide bonds. The zero-order valence-corrected chi connectivity index (χ0v) is 21.6. The van der Waals surface area contributed by atoms with Gasteiger partial charge in [0.25, 0.3) is 5.91 Å². The van der Waals surface area contributed by atoms with E-state index in [0.717, 1.165) is 26.2 Å². The molecule has 4 rings (SSSR count). The van der Waals surface area contributed by atoms with Gasteiger partial charge in [-0.25, -0.2) is 4.39 Å². The molecule has 0 aromatic heterocycles. The number of carbonyl (C=O) groups is 2. The van der Waals surface area contributed by atoms with Crippen LogP contribution in [0.15, 0.2) is 42.5 Å². The second-order valence-electron chi connectivity index (χ2n) is 9.74. The third-order valence-electron chi connectivity index (χ3n) is 7.25. The maximum Gasteiger partial charge on any atom is 0.253 e. The Morgan fingerprint density at radius 2 is 1.64 bits per heavy atom. The normalized spacial score (nSPS) is 18.1. The molecule has 0 unspecified atom stereocenters. The van der Waals surface area contributed by atoms with Crippen molar-refractivity contribution in [3.05, 3.63) is 58.9 Å². The molecule has 0 N–H and O–H groups in total. The molecule has 194 valence electrons. The zero-order chi connectivity index (χ0) is 25.7.